The average Bonchev–Trinajstić information content (AvgIpc) is 2.54. The summed E-state index contributed by atoms with van der Waals surface area (Å²) in [7, 11) is 0. The van der Waals surface area contributed by atoms with Gasteiger partial charge in [0, 0.05) is 0 Å². The summed E-state index contributed by atoms with van der Waals surface area (Å²) in [5.41, 5.74) is -0.734. The number of amides is 1. The minimum atomic E-state index is -3.27. The van der Waals surface area contributed by atoms with E-state index in [2.05, 4.69) is 19.8 Å². The topological polar surface area (TPSA) is 75.4 Å². The van der Waals surface area contributed by atoms with Gasteiger partial charge in [-0.15, -0.1) is 0 Å². The van der Waals surface area contributed by atoms with Crippen molar-refractivity contribution in [2.24, 2.45) is 0 Å². The fourth-order valence-electron chi connectivity index (χ4n) is 2.74. The van der Waals surface area contributed by atoms with Gasteiger partial charge in [-0.05, 0) is 20.8 Å². The average molecular weight is 502 g/mol. The number of aromatic nitrogens is 1. The number of nitrogens with zero attached hydrogens (tertiary/aromatic N) is 3. The molecule has 0 saturated carbocycles. The first kappa shape index (κ1) is 22.7. The predicted octanol–water partition coefficient (Wildman–Crippen LogP) is 3.52. The molecule has 9 heteroatoms. The number of likely N-dealkylation sites (tertiary alicyclic amines) is 1. The molecule has 1 atom stereocenters. The molecule has 1 unspecified atom stereocenters. The molecule has 0 aliphatic carbocycles. The van der Waals surface area contributed by atoms with Gasteiger partial charge in [0.25, 0.3) is 0 Å². The molecule has 1 aliphatic rings. The van der Waals surface area contributed by atoms with E-state index in [-0.39, 0.29) is 24.4 Å². The summed E-state index contributed by atoms with van der Waals surface area (Å²) in [5.74, 6) is -3.22. The summed E-state index contributed by atoms with van der Waals surface area (Å²) in [6, 6.07) is 5.26. The van der Waals surface area contributed by atoms with E-state index in [1.165, 1.54) is 0 Å². The van der Waals surface area contributed by atoms with Crippen LogP contribution in [0.15, 0.2) is 12.1 Å². The van der Waals surface area contributed by atoms with Crippen molar-refractivity contribution in [2.45, 2.75) is 59.6 Å². The van der Waals surface area contributed by atoms with Crippen LogP contribution in [0, 0.1) is 11.3 Å². The van der Waals surface area contributed by atoms with E-state index in [0.29, 0.717) is 0 Å². The molecule has 0 spiro atoms. The summed E-state index contributed by atoms with van der Waals surface area (Å²) >= 11 is -2.50. The number of nitriles is 1. The Kier molecular flexibility index (Phi) is 6.48. The van der Waals surface area contributed by atoms with Crippen LogP contribution < -0.4 is 8.45 Å². The van der Waals surface area contributed by atoms with Crippen LogP contribution >= 0.6 is 0 Å². The van der Waals surface area contributed by atoms with Crippen LogP contribution in [-0.4, -0.2) is 65.1 Å². The van der Waals surface area contributed by atoms with E-state index in [1.807, 2.05) is 6.07 Å². The number of carbonyl (C=O) groups excluding carboxylic acids is 1. The van der Waals surface area contributed by atoms with E-state index >= 15 is 0 Å². The number of rotatable bonds is 3. The zero-order valence-electron chi connectivity index (χ0n) is 17.2. The second kappa shape index (κ2) is 8.01. The van der Waals surface area contributed by atoms with Crippen LogP contribution in [0.3, 0.4) is 0 Å². The summed E-state index contributed by atoms with van der Waals surface area (Å²) in [4.78, 5) is 23.9. The van der Waals surface area contributed by atoms with Gasteiger partial charge in [-0.2, -0.15) is 0 Å². The summed E-state index contributed by atoms with van der Waals surface area (Å²) in [5, 5.41) is 9.37. The first-order chi connectivity index (χ1) is 12.7. The molecule has 1 aliphatic heterocycles. The van der Waals surface area contributed by atoms with Gasteiger partial charge < -0.3 is 0 Å². The molecule has 1 fully saturated rings. The zero-order chi connectivity index (χ0) is 21.3. The molecule has 1 aromatic rings. The van der Waals surface area contributed by atoms with Gasteiger partial charge in [0.05, 0.1) is 0 Å². The number of ether oxygens (including phenoxy) is 2. The number of pyridine rings is 1. The van der Waals surface area contributed by atoms with Crippen LogP contribution in [0.1, 0.15) is 32.9 Å². The molecule has 2 heterocycles. The van der Waals surface area contributed by atoms with Crippen molar-refractivity contribution in [3.8, 4) is 11.8 Å². The third-order valence-corrected chi connectivity index (χ3v) is 9.37. The number of carbonyl (C=O) groups is 1. The van der Waals surface area contributed by atoms with Gasteiger partial charge in [-0.25, -0.2) is 0 Å². The van der Waals surface area contributed by atoms with Crippen LogP contribution in [-0.2, 0) is 4.74 Å². The fourth-order valence-corrected chi connectivity index (χ4v) is 5.68. The SMILES string of the molecule is CC(C)(C)OC(=O)N1CCC(Oc2cc[c]([Sn]([CH3])([CH3])[CH3])nc2C#N)C(F)(F)C1. The molecule has 1 aromatic heterocycles. The molecular weight excluding hydrogens is 475 g/mol. The van der Waals surface area contributed by atoms with E-state index in [4.69, 9.17) is 9.47 Å². The molecule has 0 radical (unpaired) electrons. The van der Waals surface area contributed by atoms with Gasteiger partial charge in [-0.3, -0.25) is 0 Å². The summed E-state index contributed by atoms with van der Waals surface area (Å²) < 4.78 is 40.8. The van der Waals surface area contributed by atoms with E-state index in [0.717, 1.165) is 8.61 Å². The zero-order valence-corrected chi connectivity index (χ0v) is 20.0. The first-order valence-electron chi connectivity index (χ1n) is 9.17. The molecule has 2 rings (SSSR count). The van der Waals surface area contributed by atoms with Gasteiger partial charge in [-0.1, -0.05) is 0 Å². The Labute approximate surface area is 168 Å². The Morgan fingerprint density at radius 1 is 1.36 bits per heavy atom. The quantitative estimate of drug-likeness (QED) is 0.592. The van der Waals surface area contributed by atoms with E-state index in [9.17, 15) is 18.8 Å². The van der Waals surface area contributed by atoms with Gasteiger partial charge in [0.15, 0.2) is 0 Å². The third-order valence-electron chi connectivity index (χ3n) is 4.19. The standard InChI is InChI=1S/C16H18F2N3O3.3CH3.Sn/c1-15(2,3)24-14(22)21-8-6-13(16(17,18)10-21)23-12-5-4-7-20-11(12)9-19;;;;/h4-5,13H,6,8,10H2,1-3H3;3*1H3;. The van der Waals surface area contributed by atoms with Crippen molar-refractivity contribution in [1.29, 1.82) is 5.26 Å². The molecule has 1 saturated heterocycles. The van der Waals surface area contributed by atoms with Gasteiger partial charge in [0.1, 0.15) is 0 Å². The Morgan fingerprint density at radius 2 is 2.00 bits per heavy atom. The Balaban J connectivity index is 2.14. The second-order valence-electron chi connectivity index (χ2n) is 8.96. The van der Waals surface area contributed by atoms with Crippen LogP contribution in [0.2, 0.25) is 14.8 Å². The number of halogens is 2. The molecule has 154 valence electrons. The number of alkyl halides is 2. The normalized spacial score (nSPS) is 19.7. The van der Waals surface area contributed by atoms with Crippen LogP contribution in [0.4, 0.5) is 13.6 Å². The van der Waals surface area contributed by atoms with E-state index in [1.54, 1.807) is 32.9 Å². The Bertz CT molecular complexity index is 782. The first-order valence-corrected chi connectivity index (χ1v) is 19.2. The summed E-state index contributed by atoms with van der Waals surface area (Å²) in [6.45, 7) is 4.34. The third kappa shape index (κ3) is 5.69. The van der Waals surface area contributed by atoms with Crippen molar-refractivity contribution in [3.63, 3.8) is 0 Å². The van der Waals surface area contributed by atoms with Crippen LogP contribution in [0.25, 0.3) is 0 Å². The second-order valence-corrected chi connectivity index (χ2v) is 23.3. The van der Waals surface area contributed by atoms with Crippen molar-refractivity contribution >= 4 is 28.2 Å². The van der Waals surface area contributed by atoms with Crippen LogP contribution in [0.5, 0.6) is 5.75 Å². The number of piperidine rings is 1. The molecule has 0 aromatic carbocycles. The van der Waals surface area contributed by atoms with Crippen molar-refractivity contribution < 1.29 is 23.0 Å². The molecule has 28 heavy (non-hydrogen) atoms. The fraction of sp³-hybridized carbons (Fsp3) is 0.632. The number of hydrogen-bond acceptors (Lipinski definition) is 5. The van der Waals surface area contributed by atoms with Gasteiger partial charge in [0.2, 0.25) is 0 Å². The monoisotopic (exact) mass is 503 g/mol. The van der Waals surface area contributed by atoms with Crippen molar-refractivity contribution in [2.75, 3.05) is 13.1 Å². The van der Waals surface area contributed by atoms with E-state index < -0.39 is 48.6 Å². The van der Waals surface area contributed by atoms with Crippen molar-refractivity contribution in [1.82, 2.24) is 9.88 Å². The maximum absolute atomic E-state index is 14.6. The molecule has 0 bridgehead atoms. The number of hydrogen-bond donors (Lipinski definition) is 0. The maximum atomic E-state index is 14.6. The molecular formula is C19H27F2N3O3Sn. The predicted molar refractivity (Wildman–Crippen MR) is 104 cm³/mol. The van der Waals surface area contributed by atoms with Crippen molar-refractivity contribution in [3.05, 3.63) is 17.8 Å². The molecule has 0 N–H and O–H groups in total. The molecule has 1 amide bonds. The Morgan fingerprint density at radius 3 is 2.50 bits per heavy atom. The Hall–Kier alpha value is -1.63. The minimum absolute atomic E-state index is 0.0227. The van der Waals surface area contributed by atoms with Gasteiger partial charge >= 0.3 is 148 Å². The molecule has 6 nitrogen and oxygen atoms in total. The summed E-state index contributed by atoms with van der Waals surface area (Å²) in [6.07, 6.45) is -2.28.